The Bertz CT molecular complexity index is 162. The molecule has 0 aliphatic heterocycles. The predicted octanol–water partition coefficient (Wildman–Crippen LogP) is 3.14. The zero-order valence-corrected chi connectivity index (χ0v) is 8.92. The molecule has 0 heterocycles. The summed E-state index contributed by atoms with van der Waals surface area (Å²) in [6.45, 7) is 8.08. The highest BCUT2D eigenvalue weighted by Gasteiger charge is 2.38. The normalized spacial score (nSPS) is 41.2. The molecule has 1 saturated carbocycles. The molecule has 0 spiro atoms. The van der Waals surface area contributed by atoms with Crippen molar-refractivity contribution in [2.45, 2.75) is 51.6 Å². The van der Waals surface area contributed by atoms with Crippen LogP contribution in [0.4, 0.5) is 0 Å². The molecular formula is C12H22O. The van der Waals surface area contributed by atoms with E-state index >= 15 is 0 Å². The second kappa shape index (κ2) is 4.28. The zero-order chi connectivity index (χ0) is 9.90. The third kappa shape index (κ3) is 2.14. The Hall–Kier alpha value is -0.300. The predicted molar refractivity (Wildman–Crippen MR) is 56.6 cm³/mol. The van der Waals surface area contributed by atoms with Crippen LogP contribution in [0, 0.1) is 11.8 Å². The number of hydrogen-bond donors (Lipinski definition) is 1. The Morgan fingerprint density at radius 2 is 1.77 bits per heavy atom. The summed E-state index contributed by atoms with van der Waals surface area (Å²) in [5.74, 6) is 0.839. The van der Waals surface area contributed by atoms with Gasteiger partial charge in [-0.15, -0.1) is 6.58 Å². The summed E-state index contributed by atoms with van der Waals surface area (Å²) in [4.78, 5) is 0. The first-order valence-electron chi connectivity index (χ1n) is 5.44. The molecule has 1 aliphatic carbocycles. The van der Waals surface area contributed by atoms with E-state index in [4.69, 9.17) is 0 Å². The van der Waals surface area contributed by atoms with Gasteiger partial charge in [0.15, 0.2) is 0 Å². The minimum Gasteiger partial charge on any atom is -0.389 e. The van der Waals surface area contributed by atoms with Crippen LogP contribution in [-0.2, 0) is 0 Å². The number of rotatable bonds is 2. The van der Waals surface area contributed by atoms with Crippen LogP contribution in [0.3, 0.4) is 0 Å². The lowest BCUT2D eigenvalue weighted by Gasteiger charge is -2.37. The molecule has 0 saturated heterocycles. The molecule has 2 unspecified atom stereocenters. The van der Waals surface area contributed by atoms with E-state index in [1.54, 1.807) is 0 Å². The Morgan fingerprint density at radius 1 is 1.31 bits per heavy atom. The lowest BCUT2D eigenvalue weighted by Crippen LogP contribution is -2.41. The van der Waals surface area contributed by atoms with Crippen molar-refractivity contribution in [3.05, 3.63) is 12.7 Å². The highest BCUT2D eigenvalue weighted by atomic mass is 16.3. The van der Waals surface area contributed by atoms with Gasteiger partial charge in [0.1, 0.15) is 0 Å². The first-order chi connectivity index (χ1) is 6.11. The maximum absolute atomic E-state index is 10.5. The first-order valence-corrected chi connectivity index (χ1v) is 5.44. The van der Waals surface area contributed by atoms with Crippen molar-refractivity contribution in [2.24, 2.45) is 11.8 Å². The minimum atomic E-state index is -0.488. The summed E-state index contributed by atoms with van der Waals surface area (Å²) >= 11 is 0. The van der Waals surface area contributed by atoms with Crippen LogP contribution in [0.2, 0.25) is 0 Å². The van der Waals surface area contributed by atoms with E-state index in [1.165, 1.54) is 12.8 Å². The molecule has 1 rings (SSSR count). The molecule has 1 fully saturated rings. The smallest absolute Gasteiger partial charge is 0.0732 e. The fourth-order valence-corrected chi connectivity index (χ4v) is 2.52. The number of aliphatic hydroxyl groups is 1. The number of hydrogen-bond acceptors (Lipinski definition) is 1. The fraction of sp³-hybridized carbons (Fsp3) is 0.833. The van der Waals surface area contributed by atoms with Gasteiger partial charge in [-0.1, -0.05) is 32.8 Å². The lowest BCUT2D eigenvalue weighted by atomic mass is 9.75. The van der Waals surface area contributed by atoms with Crippen molar-refractivity contribution in [3.8, 4) is 0 Å². The second-order valence-corrected chi connectivity index (χ2v) is 4.57. The van der Waals surface area contributed by atoms with E-state index in [1.807, 2.05) is 6.08 Å². The molecule has 0 amide bonds. The van der Waals surface area contributed by atoms with E-state index < -0.39 is 5.60 Å². The molecule has 1 aliphatic rings. The van der Waals surface area contributed by atoms with Crippen LogP contribution in [0.25, 0.3) is 0 Å². The molecule has 0 radical (unpaired) electrons. The largest absolute Gasteiger partial charge is 0.389 e. The summed E-state index contributed by atoms with van der Waals surface area (Å²) < 4.78 is 0. The van der Waals surface area contributed by atoms with Crippen molar-refractivity contribution in [2.75, 3.05) is 0 Å². The van der Waals surface area contributed by atoms with Gasteiger partial charge in [-0.3, -0.25) is 0 Å². The Morgan fingerprint density at radius 3 is 2.15 bits per heavy atom. The monoisotopic (exact) mass is 182 g/mol. The van der Waals surface area contributed by atoms with E-state index in [-0.39, 0.29) is 0 Å². The van der Waals surface area contributed by atoms with Gasteiger partial charge in [0, 0.05) is 0 Å². The maximum atomic E-state index is 10.5. The third-order valence-electron chi connectivity index (χ3n) is 3.70. The topological polar surface area (TPSA) is 20.2 Å². The van der Waals surface area contributed by atoms with Crippen molar-refractivity contribution in [3.63, 3.8) is 0 Å². The van der Waals surface area contributed by atoms with Crippen LogP contribution in [-0.4, -0.2) is 10.7 Å². The van der Waals surface area contributed by atoms with Gasteiger partial charge in [-0.2, -0.15) is 0 Å². The molecule has 1 heteroatoms. The summed E-state index contributed by atoms with van der Waals surface area (Å²) in [6, 6.07) is 0. The molecule has 1 nitrogen and oxygen atoms in total. The van der Waals surface area contributed by atoms with Crippen molar-refractivity contribution < 1.29 is 5.11 Å². The van der Waals surface area contributed by atoms with Gasteiger partial charge in [-0.25, -0.2) is 0 Å². The molecule has 76 valence electrons. The Balaban J connectivity index is 2.77. The molecular weight excluding hydrogens is 160 g/mol. The van der Waals surface area contributed by atoms with Gasteiger partial charge >= 0.3 is 0 Å². The summed E-state index contributed by atoms with van der Waals surface area (Å²) in [5.41, 5.74) is -0.488. The van der Waals surface area contributed by atoms with Crippen molar-refractivity contribution in [1.29, 1.82) is 0 Å². The highest BCUT2D eigenvalue weighted by molar-refractivity contribution is 4.95. The molecule has 0 bridgehead atoms. The SMILES string of the molecule is C=CCC1(O)C(C)CCCCC1C. The van der Waals surface area contributed by atoms with Crippen LogP contribution >= 0.6 is 0 Å². The third-order valence-corrected chi connectivity index (χ3v) is 3.70. The van der Waals surface area contributed by atoms with Gasteiger partial charge in [0.2, 0.25) is 0 Å². The van der Waals surface area contributed by atoms with Crippen LogP contribution in [0.5, 0.6) is 0 Å². The zero-order valence-electron chi connectivity index (χ0n) is 8.92. The maximum Gasteiger partial charge on any atom is 0.0732 e. The fourth-order valence-electron chi connectivity index (χ4n) is 2.52. The average molecular weight is 182 g/mol. The van der Waals surface area contributed by atoms with Crippen LogP contribution in [0.15, 0.2) is 12.7 Å². The molecule has 2 atom stereocenters. The van der Waals surface area contributed by atoms with Crippen molar-refractivity contribution >= 4 is 0 Å². The van der Waals surface area contributed by atoms with E-state index in [2.05, 4.69) is 20.4 Å². The molecule has 13 heavy (non-hydrogen) atoms. The average Bonchev–Trinajstić information content (AvgIpc) is 2.20. The summed E-state index contributed by atoms with van der Waals surface area (Å²) in [7, 11) is 0. The molecule has 0 aromatic heterocycles. The Labute approximate surface area is 81.9 Å². The van der Waals surface area contributed by atoms with E-state index in [0.717, 1.165) is 19.3 Å². The standard InChI is InChI=1S/C12H22O/c1-4-9-12(13)10(2)7-5-6-8-11(12)3/h4,10-11,13H,1,5-9H2,2-3H3. The van der Waals surface area contributed by atoms with Crippen LogP contribution < -0.4 is 0 Å². The van der Waals surface area contributed by atoms with Crippen molar-refractivity contribution in [1.82, 2.24) is 0 Å². The molecule has 0 aromatic rings. The first kappa shape index (κ1) is 10.8. The van der Waals surface area contributed by atoms with E-state index in [0.29, 0.717) is 11.8 Å². The van der Waals surface area contributed by atoms with Crippen LogP contribution in [0.1, 0.15) is 46.0 Å². The molecule has 1 N–H and O–H groups in total. The summed E-state index contributed by atoms with van der Waals surface area (Å²) in [5, 5.41) is 10.5. The van der Waals surface area contributed by atoms with Gasteiger partial charge in [-0.05, 0) is 31.1 Å². The minimum absolute atomic E-state index is 0.419. The van der Waals surface area contributed by atoms with Gasteiger partial charge in [0.05, 0.1) is 5.60 Å². The van der Waals surface area contributed by atoms with Gasteiger partial charge in [0.25, 0.3) is 0 Å². The van der Waals surface area contributed by atoms with E-state index in [9.17, 15) is 5.11 Å². The van der Waals surface area contributed by atoms with Gasteiger partial charge < -0.3 is 5.11 Å². The lowest BCUT2D eigenvalue weighted by molar-refractivity contribution is -0.0537. The quantitative estimate of drug-likeness (QED) is 0.514. The summed E-state index contributed by atoms with van der Waals surface area (Å²) in [6.07, 6.45) is 7.47. The second-order valence-electron chi connectivity index (χ2n) is 4.57. The Kier molecular flexibility index (Phi) is 3.55. The molecule has 0 aromatic carbocycles. The highest BCUT2D eigenvalue weighted by Crippen LogP contribution is 2.38.